The van der Waals surface area contributed by atoms with E-state index in [0.29, 0.717) is 6.42 Å². The molecule has 0 aliphatic carbocycles. The summed E-state index contributed by atoms with van der Waals surface area (Å²) in [4.78, 5) is 23.7. The van der Waals surface area contributed by atoms with Gasteiger partial charge in [0.15, 0.2) is 0 Å². The molecule has 1 N–H and O–H groups in total. The number of likely N-dealkylation sites (tertiary alicyclic amines) is 1. The molecule has 1 fully saturated rings. The van der Waals surface area contributed by atoms with Crippen molar-refractivity contribution in [2.45, 2.75) is 31.8 Å². The molecule has 1 rings (SSSR count). The van der Waals surface area contributed by atoms with E-state index < -0.39 is 6.04 Å². The maximum atomic E-state index is 11.4. The normalized spacial score (nSPS) is 23.8. The van der Waals surface area contributed by atoms with E-state index in [1.807, 2.05) is 13.0 Å². The zero-order chi connectivity index (χ0) is 10.7. The van der Waals surface area contributed by atoms with Crippen LogP contribution in [0.3, 0.4) is 0 Å². The van der Waals surface area contributed by atoms with Crippen molar-refractivity contribution < 1.29 is 9.59 Å². The lowest BCUT2D eigenvalue weighted by molar-refractivity contribution is -0.137. The Morgan fingerprint density at radius 1 is 1.71 bits per heavy atom. The minimum atomic E-state index is -0.448. The monoisotopic (exact) mass is 195 g/mol. The first-order chi connectivity index (χ1) is 6.56. The Labute approximate surface area is 82.7 Å². The first kappa shape index (κ1) is 10.7. The summed E-state index contributed by atoms with van der Waals surface area (Å²) < 4.78 is 0. The second-order valence-electron chi connectivity index (χ2n) is 3.48. The number of nitrogens with zero attached hydrogens (tertiary/aromatic N) is 2. The minimum Gasteiger partial charge on any atom is -0.302 e. The quantitative estimate of drug-likeness (QED) is 0.624. The van der Waals surface area contributed by atoms with Gasteiger partial charge in [-0.3, -0.25) is 14.5 Å². The molecule has 5 heteroatoms. The topological polar surface area (TPSA) is 73.2 Å². The molecule has 0 radical (unpaired) electrons. The highest BCUT2D eigenvalue weighted by Gasteiger charge is 2.36. The third-order valence-electron chi connectivity index (χ3n) is 2.26. The summed E-state index contributed by atoms with van der Waals surface area (Å²) in [5.74, 6) is -0.378. The molecule has 1 aliphatic rings. The number of hydrogen-bond donors (Lipinski definition) is 1. The van der Waals surface area contributed by atoms with Gasteiger partial charge in [-0.25, -0.2) is 0 Å². The predicted octanol–water partition coefficient (Wildman–Crippen LogP) is -0.365. The van der Waals surface area contributed by atoms with Crippen LogP contribution in [0.1, 0.15) is 19.8 Å². The van der Waals surface area contributed by atoms with Gasteiger partial charge in [0.2, 0.25) is 11.8 Å². The van der Waals surface area contributed by atoms with Gasteiger partial charge in [0, 0.05) is 13.1 Å². The Morgan fingerprint density at radius 2 is 2.36 bits per heavy atom. The highest BCUT2D eigenvalue weighted by Crippen LogP contribution is 2.11. The highest BCUT2D eigenvalue weighted by molar-refractivity contribution is 6.05. The lowest BCUT2D eigenvalue weighted by Crippen LogP contribution is -2.41. The first-order valence-corrected chi connectivity index (χ1v) is 4.49. The van der Waals surface area contributed by atoms with Crippen LogP contribution in [0, 0.1) is 11.3 Å². The van der Waals surface area contributed by atoms with E-state index in [1.165, 1.54) is 7.05 Å². The van der Waals surface area contributed by atoms with E-state index in [1.54, 1.807) is 0 Å². The summed E-state index contributed by atoms with van der Waals surface area (Å²) in [5.41, 5.74) is 0. The molecule has 1 heterocycles. The van der Waals surface area contributed by atoms with Crippen LogP contribution in [0.25, 0.3) is 0 Å². The average molecular weight is 195 g/mol. The van der Waals surface area contributed by atoms with E-state index in [2.05, 4.69) is 5.32 Å². The molecule has 76 valence electrons. The van der Waals surface area contributed by atoms with Crippen LogP contribution in [0.4, 0.5) is 0 Å². The number of nitriles is 1. The standard InChI is InChI=1S/C9H13N3O2/c1-6(3-4-10)11-7-5-8(13)12(2)9(7)14/h6-7,11H,3,5H2,1-2H3. The van der Waals surface area contributed by atoms with E-state index in [9.17, 15) is 9.59 Å². The fourth-order valence-corrected chi connectivity index (χ4v) is 1.43. The van der Waals surface area contributed by atoms with E-state index in [0.717, 1.165) is 4.90 Å². The van der Waals surface area contributed by atoms with E-state index in [-0.39, 0.29) is 24.3 Å². The Balaban J connectivity index is 2.52. The maximum Gasteiger partial charge on any atom is 0.246 e. The van der Waals surface area contributed by atoms with Crippen LogP contribution in [0.15, 0.2) is 0 Å². The number of hydrogen-bond acceptors (Lipinski definition) is 4. The number of carbonyl (C=O) groups is 2. The molecule has 1 aliphatic heterocycles. The zero-order valence-electron chi connectivity index (χ0n) is 8.28. The van der Waals surface area contributed by atoms with Crippen molar-refractivity contribution in [3.63, 3.8) is 0 Å². The Hall–Kier alpha value is -1.41. The first-order valence-electron chi connectivity index (χ1n) is 4.49. The van der Waals surface area contributed by atoms with Gasteiger partial charge in [0.05, 0.1) is 25.0 Å². The third kappa shape index (κ3) is 2.09. The smallest absolute Gasteiger partial charge is 0.246 e. The molecular formula is C9H13N3O2. The lowest BCUT2D eigenvalue weighted by atomic mass is 10.2. The number of amides is 2. The van der Waals surface area contributed by atoms with Gasteiger partial charge < -0.3 is 5.32 Å². The van der Waals surface area contributed by atoms with E-state index in [4.69, 9.17) is 5.26 Å². The molecule has 1 saturated heterocycles. The molecule has 14 heavy (non-hydrogen) atoms. The highest BCUT2D eigenvalue weighted by atomic mass is 16.2. The van der Waals surface area contributed by atoms with Crippen LogP contribution < -0.4 is 5.32 Å². The lowest BCUT2D eigenvalue weighted by Gasteiger charge is -2.14. The fraction of sp³-hybridized carbons (Fsp3) is 0.667. The number of nitrogens with one attached hydrogen (secondary N) is 1. The summed E-state index contributed by atoms with van der Waals surface area (Å²) >= 11 is 0. The van der Waals surface area contributed by atoms with Crippen LogP contribution in [-0.4, -0.2) is 35.8 Å². The molecule has 0 aromatic rings. The van der Waals surface area contributed by atoms with Crippen molar-refractivity contribution in [2.75, 3.05) is 7.05 Å². The molecule has 2 unspecified atom stereocenters. The molecule has 2 atom stereocenters. The van der Waals surface area contributed by atoms with Gasteiger partial charge in [-0.2, -0.15) is 5.26 Å². The Bertz CT molecular complexity index is 295. The molecule has 0 bridgehead atoms. The summed E-state index contributed by atoms with van der Waals surface area (Å²) in [5, 5.41) is 11.4. The number of rotatable bonds is 3. The number of likely N-dealkylation sites (N-methyl/N-ethyl adjacent to an activating group) is 1. The molecule has 0 aromatic heterocycles. The predicted molar refractivity (Wildman–Crippen MR) is 49.0 cm³/mol. The van der Waals surface area contributed by atoms with Crippen LogP contribution in [0.2, 0.25) is 0 Å². The van der Waals surface area contributed by atoms with Gasteiger partial charge in [0.1, 0.15) is 0 Å². The zero-order valence-corrected chi connectivity index (χ0v) is 8.28. The Morgan fingerprint density at radius 3 is 2.79 bits per heavy atom. The van der Waals surface area contributed by atoms with Crippen molar-refractivity contribution in [1.82, 2.24) is 10.2 Å². The molecular weight excluding hydrogens is 182 g/mol. The van der Waals surface area contributed by atoms with Crippen LogP contribution in [-0.2, 0) is 9.59 Å². The van der Waals surface area contributed by atoms with Crippen molar-refractivity contribution >= 4 is 11.8 Å². The van der Waals surface area contributed by atoms with Crippen molar-refractivity contribution in [3.8, 4) is 6.07 Å². The second-order valence-corrected chi connectivity index (χ2v) is 3.48. The summed E-state index contributed by atoms with van der Waals surface area (Å²) in [7, 11) is 1.47. The van der Waals surface area contributed by atoms with Gasteiger partial charge in [0.25, 0.3) is 0 Å². The fourth-order valence-electron chi connectivity index (χ4n) is 1.43. The molecule has 0 saturated carbocycles. The van der Waals surface area contributed by atoms with Crippen molar-refractivity contribution in [1.29, 1.82) is 5.26 Å². The Kier molecular flexibility index (Phi) is 3.20. The average Bonchev–Trinajstić information content (AvgIpc) is 2.34. The number of imide groups is 1. The SMILES string of the molecule is CC(CC#N)NC1CC(=O)N(C)C1=O. The summed E-state index contributed by atoms with van der Waals surface area (Å²) in [6, 6.07) is 1.50. The molecule has 0 aromatic carbocycles. The largest absolute Gasteiger partial charge is 0.302 e. The second kappa shape index (κ2) is 4.20. The van der Waals surface area contributed by atoms with Crippen molar-refractivity contribution in [2.24, 2.45) is 0 Å². The molecule has 2 amide bonds. The third-order valence-corrected chi connectivity index (χ3v) is 2.26. The molecule has 5 nitrogen and oxygen atoms in total. The van der Waals surface area contributed by atoms with Crippen LogP contribution >= 0.6 is 0 Å². The summed E-state index contributed by atoms with van der Waals surface area (Å²) in [6.45, 7) is 1.82. The van der Waals surface area contributed by atoms with Gasteiger partial charge >= 0.3 is 0 Å². The van der Waals surface area contributed by atoms with Crippen molar-refractivity contribution in [3.05, 3.63) is 0 Å². The van der Waals surface area contributed by atoms with Gasteiger partial charge in [-0.15, -0.1) is 0 Å². The minimum absolute atomic E-state index is 0.0618. The molecule has 0 spiro atoms. The summed E-state index contributed by atoms with van der Waals surface area (Å²) in [6.07, 6.45) is 0.535. The van der Waals surface area contributed by atoms with E-state index >= 15 is 0 Å². The van der Waals surface area contributed by atoms with Gasteiger partial charge in [-0.1, -0.05) is 0 Å². The van der Waals surface area contributed by atoms with Gasteiger partial charge in [-0.05, 0) is 6.92 Å². The maximum absolute atomic E-state index is 11.4. The van der Waals surface area contributed by atoms with Crippen LogP contribution in [0.5, 0.6) is 0 Å². The number of carbonyl (C=O) groups excluding carboxylic acids is 2.